The van der Waals surface area contributed by atoms with Crippen LogP contribution in [0, 0.1) is 17.8 Å². The molecule has 0 heterocycles. The van der Waals surface area contributed by atoms with Crippen LogP contribution in [0.15, 0.2) is 0 Å². The van der Waals surface area contributed by atoms with Crippen LogP contribution < -0.4 is 0 Å². The molecule has 1 unspecified atom stereocenters. The molecule has 0 aliphatic rings. The monoisotopic (exact) mass is 214 g/mol. The van der Waals surface area contributed by atoms with Gasteiger partial charge < -0.3 is 5.11 Å². The summed E-state index contributed by atoms with van der Waals surface area (Å²) in [6.45, 7) is 7.94. The SMILES string of the molecule is CC(C)CCC(=O)C(CC(C)C)C(=O)O. The van der Waals surface area contributed by atoms with Crippen LogP contribution >= 0.6 is 0 Å². The summed E-state index contributed by atoms with van der Waals surface area (Å²) in [4.78, 5) is 22.5. The van der Waals surface area contributed by atoms with Crippen LogP contribution in [0.1, 0.15) is 47.0 Å². The minimum absolute atomic E-state index is 0.120. The first-order chi connectivity index (χ1) is 6.84. The zero-order valence-electron chi connectivity index (χ0n) is 10.1. The molecule has 1 atom stereocenters. The van der Waals surface area contributed by atoms with Crippen molar-refractivity contribution in [2.45, 2.75) is 47.0 Å². The molecule has 0 aliphatic carbocycles. The highest BCUT2D eigenvalue weighted by Gasteiger charge is 2.26. The first-order valence-corrected chi connectivity index (χ1v) is 5.60. The standard InChI is InChI=1S/C12H22O3/c1-8(2)5-6-11(13)10(12(14)15)7-9(3)4/h8-10H,5-7H2,1-4H3,(H,14,15). The molecule has 0 bridgehead atoms. The van der Waals surface area contributed by atoms with Gasteiger partial charge in [0, 0.05) is 6.42 Å². The Hall–Kier alpha value is -0.860. The summed E-state index contributed by atoms with van der Waals surface area (Å²) in [7, 11) is 0. The topological polar surface area (TPSA) is 54.4 Å². The van der Waals surface area contributed by atoms with Crippen LogP contribution in [0.4, 0.5) is 0 Å². The van der Waals surface area contributed by atoms with Gasteiger partial charge in [-0.05, 0) is 24.7 Å². The number of carbonyl (C=O) groups is 2. The van der Waals surface area contributed by atoms with Gasteiger partial charge in [-0.3, -0.25) is 9.59 Å². The fourth-order valence-electron chi connectivity index (χ4n) is 1.45. The average molecular weight is 214 g/mol. The Morgan fingerprint density at radius 2 is 1.60 bits per heavy atom. The van der Waals surface area contributed by atoms with E-state index >= 15 is 0 Å². The lowest BCUT2D eigenvalue weighted by Gasteiger charge is -2.14. The zero-order chi connectivity index (χ0) is 12.0. The number of ketones is 1. The van der Waals surface area contributed by atoms with E-state index in [0.717, 1.165) is 6.42 Å². The molecule has 0 aromatic rings. The van der Waals surface area contributed by atoms with Gasteiger partial charge >= 0.3 is 5.97 Å². The summed E-state index contributed by atoms with van der Waals surface area (Å²) >= 11 is 0. The number of carbonyl (C=O) groups excluding carboxylic acids is 1. The molecule has 0 saturated carbocycles. The first kappa shape index (κ1) is 14.1. The van der Waals surface area contributed by atoms with Crippen molar-refractivity contribution in [1.29, 1.82) is 0 Å². The van der Waals surface area contributed by atoms with Crippen molar-refractivity contribution in [3.05, 3.63) is 0 Å². The summed E-state index contributed by atoms with van der Waals surface area (Å²) in [5.41, 5.74) is 0. The first-order valence-electron chi connectivity index (χ1n) is 5.60. The molecule has 0 saturated heterocycles. The molecule has 15 heavy (non-hydrogen) atoms. The molecule has 88 valence electrons. The quantitative estimate of drug-likeness (QED) is 0.663. The Morgan fingerprint density at radius 1 is 1.07 bits per heavy atom. The number of hydrogen-bond donors (Lipinski definition) is 1. The highest BCUT2D eigenvalue weighted by atomic mass is 16.4. The molecule has 0 spiro atoms. The van der Waals surface area contributed by atoms with Gasteiger partial charge in [-0.15, -0.1) is 0 Å². The average Bonchev–Trinajstić information content (AvgIpc) is 2.09. The van der Waals surface area contributed by atoms with E-state index < -0.39 is 11.9 Å². The number of Topliss-reactive ketones (excluding diaryl/α,β-unsaturated/α-hetero) is 1. The molecule has 0 radical (unpaired) electrons. The second kappa shape index (κ2) is 6.59. The van der Waals surface area contributed by atoms with Gasteiger partial charge in [-0.1, -0.05) is 27.7 Å². The Labute approximate surface area is 91.9 Å². The fourth-order valence-corrected chi connectivity index (χ4v) is 1.45. The van der Waals surface area contributed by atoms with E-state index in [0.29, 0.717) is 18.8 Å². The molecule has 1 N–H and O–H groups in total. The number of carboxylic acid groups (broad SMARTS) is 1. The molecule has 0 fully saturated rings. The lowest BCUT2D eigenvalue weighted by Crippen LogP contribution is -2.25. The van der Waals surface area contributed by atoms with Crippen molar-refractivity contribution in [2.75, 3.05) is 0 Å². The summed E-state index contributed by atoms with van der Waals surface area (Å²) in [5, 5.41) is 8.94. The van der Waals surface area contributed by atoms with Gasteiger partial charge in [0.05, 0.1) is 0 Å². The highest BCUT2D eigenvalue weighted by Crippen LogP contribution is 2.17. The maximum atomic E-state index is 11.6. The Balaban J connectivity index is 4.23. The minimum Gasteiger partial charge on any atom is -0.481 e. The van der Waals surface area contributed by atoms with Gasteiger partial charge in [0.1, 0.15) is 11.7 Å². The summed E-state index contributed by atoms with van der Waals surface area (Å²) in [6, 6.07) is 0. The van der Waals surface area contributed by atoms with Crippen molar-refractivity contribution >= 4 is 11.8 Å². The van der Waals surface area contributed by atoms with E-state index in [1.807, 2.05) is 27.7 Å². The number of aliphatic carboxylic acids is 1. The van der Waals surface area contributed by atoms with Crippen LogP contribution in [-0.4, -0.2) is 16.9 Å². The van der Waals surface area contributed by atoms with Crippen LogP contribution in [0.25, 0.3) is 0 Å². The Kier molecular flexibility index (Phi) is 6.21. The molecule has 0 rings (SSSR count). The molecule has 3 nitrogen and oxygen atoms in total. The molecule has 3 heteroatoms. The highest BCUT2D eigenvalue weighted by molar-refractivity contribution is 5.98. The van der Waals surface area contributed by atoms with Crippen LogP contribution in [-0.2, 0) is 9.59 Å². The lowest BCUT2D eigenvalue weighted by molar-refractivity contribution is -0.147. The van der Waals surface area contributed by atoms with Crippen molar-refractivity contribution < 1.29 is 14.7 Å². The Morgan fingerprint density at radius 3 is 1.93 bits per heavy atom. The third kappa shape index (κ3) is 6.26. The Bertz CT molecular complexity index is 219. The summed E-state index contributed by atoms with van der Waals surface area (Å²) in [5.74, 6) is -1.21. The second-order valence-corrected chi connectivity index (χ2v) is 4.92. The van der Waals surface area contributed by atoms with Gasteiger partial charge in [-0.2, -0.15) is 0 Å². The minimum atomic E-state index is -0.975. The zero-order valence-corrected chi connectivity index (χ0v) is 10.1. The smallest absolute Gasteiger partial charge is 0.314 e. The maximum absolute atomic E-state index is 11.6. The van der Waals surface area contributed by atoms with E-state index in [2.05, 4.69) is 0 Å². The third-order valence-electron chi connectivity index (χ3n) is 2.36. The van der Waals surface area contributed by atoms with Crippen molar-refractivity contribution in [2.24, 2.45) is 17.8 Å². The van der Waals surface area contributed by atoms with Gasteiger partial charge in [0.2, 0.25) is 0 Å². The van der Waals surface area contributed by atoms with Gasteiger partial charge in [-0.25, -0.2) is 0 Å². The van der Waals surface area contributed by atoms with E-state index in [1.165, 1.54) is 0 Å². The van der Waals surface area contributed by atoms with E-state index in [1.54, 1.807) is 0 Å². The summed E-state index contributed by atoms with van der Waals surface area (Å²) < 4.78 is 0. The predicted molar refractivity (Wildman–Crippen MR) is 59.7 cm³/mol. The van der Waals surface area contributed by atoms with E-state index in [-0.39, 0.29) is 11.7 Å². The molecule has 0 aliphatic heterocycles. The molecular formula is C12H22O3. The third-order valence-corrected chi connectivity index (χ3v) is 2.36. The molecule has 0 amide bonds. The number of carboxylic acids is 1. The van der Waals surface area contributed by atoms with Crippen molar-refractivity contribution in [1.82, 2.24) is 0 Å². The van der Waals surface area contributed by atoms with Crippen molar-refractivity contribution in [3.8, 4) is 0 Å². The predicted octanol–water partition coefficient (Wildman–Crippen LogP) is 2.74. The number of hydrogen-bond acceptors (Lipinski definition) is 2. The normalized spacial score (nSPS) is 13.2. The molecule has 0 aromatic heterocycles. The van der Waals surface area contributed by atoms with Crippen LogP contribution in [0.2, 0.25) is 0 Å². The van der Waals surface area contributed by atoms with Crippen molar-refractivity contribution in [3.63, 3.8) is 0 Å². The van der Waals surface area contributed by atoms with Crippen LogP contribution in [0.3, 0.4) is 0 Å². The fraction of sp³-hybridized carbons (Fsp3) is 0.833. The largest absolute Gasteiger partial charge is 0.481 e. The van der Waals surface area contributed by atoms with Gasteiger partial charge in [0.15, 0.2) is 0 Å². The van der Waals surface area contributed by atoms with Crippen LogP contribution in [0.5, 0.6) is 0 Å². The summed E-state index contributed by atoms with van der Waals surface area (Å²) in [6.07, 6.45) is 1.62. The van der Waals surface area contributed by atoms with E-state index in [9.17, 15) is 9.59 Å². The van der Waals surface area contributed by atoms with Gasteiger partial charge in [0.25, 0.3) is 0 Å². The van der Waals surface area contributed by atoms with E-state index in [4.69, 9.17) is 5.11 Å². The maximum Gasteiger partial charge on any atom is 0.314 e. The second-order valence-electron chi connectivity index (χ2n) is 4.92. The molecule has 0 aromatic carbocycles. The lowest BCUT2D eigenvalue weighted by atomic mass is 9.90. The number of rotatable bonds is 7. The molecular weight excluding hydrogens is 192 g/mol.